The predicted octanol–water partition coefficient (Wildman–Crippen LogP) is 2.82. The molecule has 1 heterocycles. The second-order valence-electron chi connectivity index (χ2n) is 5.15. The lowest BCUT2D eigenvalue weighted by atomic mass is 10.1. The monoisotopic (exact) mass is 315 g/mol. The third-order valence-corrected chi connectivity index (χ3v) is 3.71. The number of nitriles is 2. The number of ether oxygens (including phenoxy) is 1. The van der Waals surface area contributed by atoms with Crippen molar-refractivity contribution < 1.29 is 4.74 Å². The molecule has 2 aromatic carbocycles. The smallest absolute Gasteiger partial charge is 0.207 e. The molecule has 5 nitrogen and oxygen atoms in total. The third kappa shape index (κ3) is 2.84. The molecule has 0 saturated carbocycles. The van der Waals surface area contributed by atoms with E-state index in [4.69, 9.17) is 15.3 Å². The highest BCUT2D eigenvalue weighted by Gasteiger charge is 2.08. The summed E-state index contributed by atoms with van der Waals surface area (Å²) in [6, 6.07) is 18.2. The molecule has 0 bridgehead atoms. The van der Waals surface area contributed by atoms with Crippen molar-refractivity contribution in [2.45, 2.75) is 6.54 Å². The summed E-state index contributed by atoms with van der Waals surface area (Å²) in [7, 11) is 0. The van der Waals surface area contributed by atoms with Crippen LogP contribution in [0.3, 0.4) is 0 Å². The Morgan fingerprint density at radius 1 is 0.958 bits per heavy atom. The van der Waals surface area contributed by atoms with Crippen molar-refractivity contribution in [3.05, 3.63) is 76.1 Å². The van der Waals surface area contributed by atoms with E-state index in [0.717, 1.165) is 5.52 Å². The van der Waals surface area contributed by atoms with Crippen LogP contribution in [0.2, 0.25) is 0 Å². The molecule has 5 heteroatoms. The number of hydrogen-bond acceptors (Lipinski definition) is 4. The van der Waals surface area contributed by atoms with Crippen molar-refractivity contribution in [1.82, 2.24) is 4.57 Å². The number of para-hydroxylation sites is 2. The first kappa shape index (κ1) is 15.3. The SMILES string of the molecule is N#Cc1ccccc1OCCn1cc(C#N)c(=O)c2ccccc21. The van der Waals surface area contributed by atoms with Crippen LogP contribution in [0.25, 0.3) is 10.9 Å². The van der Waals surface area contributed by atoms with E-state index in [1.165, 1.54) is 0 Å². The molecule has 3 aromatic rings. The van der Waals surface area contributed by atoms with Gasteiger partial charge in [-0.25, -0.2) is 0 Å². The summed E-state index contributed by atoms with van der Waals surface area (Å²) in [4.78, 5) is 12.2. The Morgan fingerprint density at radius 2 is 1.67 bits per heavy atom. The minimum Gasteiger partial charge on any atom is -0.490 e. The van der Waals surface area contributed by atoms with Crippen LogP contribution in [0.5, 0.6) is 5.75 Å². The van der Waals surface area contributed by atoms with Crippen molar-refractivity contribution in [3.63, 3.8) is 0 Å². The van der Waals surface area contributed by atoms with Gasteiger partial charge in [0.1, 0.15) is 30.1 Å². The number of fused-ring (bicyclic) bond motifs is 1. The molecule has 0 spiro atoms. The maximum absolute atomic E-state index is 12.2. The van der Waals surface area contributed by atoms with Gasteiger partial charge in [-0.2, -0.15) is 10.5 Å². The summed E-state index contributed by atoms with van der Waals surface area (Å²) in [6.07, 6.45) is 1.55. The lowest BCUT2D eigenvalue weighted by molar-refractivity contribution is 0.299. The number of benzene rings is 2. The van der Waals surface area contributed by atoms with Crippen molar-refractivity contribution in [2.24, 2.45) is 0 Å². The maximum Gasteiger partial charge on any atom is 0.207 e. The molecule has 0 fully saturated rings. The van der Waals surface area contributed by atoms with Gasteiger partial charge in [0.25, 0.3) is 0 Å². The van der Waals surface area contributed by atoms with Crippen LogP contribution in [0.15, 0.2) is 59.5 Å². The normalized spacial score (nSPS) is 10.1. The molecule has 0 amide bonds. The first-order valence-electron chi connectivity index (χ1n) is 7.39. The van der Waals surface area contributed by atoms with Crippen LogP contribution in [-0.4, -0.2) is 11.2 Å². The molecule has 3 rings (SSSR count). The van der Waals surface area contributed by atoms with Crippen LogP contribution in [0, 0.1) is 22.7 Å². The summed E-state index contributed by atoms with van der Waals surface area (Å²) in [5, 5.41) is 18.7. The van der Waals surface area contributed by atoms with Gasteiger partial charge in [0, 0.05) is 11.6 Å². The molecule has 1 aromatic heterocycles. The average molecular weight is 315 g/mol. The minimum atomic E-state index is -0.264. The van der Waals surface area contributed by atoms with Crippen LogP contribution < -0.4 is 10.2 Å². The van der Waals surface area contributed by atoms with Gasteiger partial charge >= 0.3 is 0 Å². The second kappa shape index (κ2) is 6.68. The maximum atomic E-state index is 12.2. The fraction of sp³-hybridized carbons (Fsp3) is 0.105. The van der Waals surface area contributed by atoms with Gasteiger partial charge in [0.2, 0.25) is 5.43 Å². The lowest BCUT2D eigenvalue weighted by Crippen LogP contribution is -2.16. The number of aromatic nitrogens is 1. The Morgan fingerprint density at radius 3 is 2.46 bits per heavy atom. The van der Waals surface area contributed by atoms with Gasteiger partial charge in [-0.3, -0.25) is 4.79 Å². The minimum absolute atomic E-state index is 0.103. The Balaban J connectivity index is 1.89. The molecule has 0 atom stereocenters. The zero-order valence-corrected chi connectivity index (χ0v) is 12.8. The standard InChI is InChI=1S/C19H13N3O2/c20-11-14-5-1-4-8-18(14)24-10-9-22-13-15(12-21)19(23)16-6-2-3-7-17(16)22/h1-8,13H,9-10H2. The van der Waals surface area contributed by atoms with E-state index < -0.39 is 0 Å². The fourth-order valence-electron chi connectivity index (χ4n) is 2.55. The van der Waals surface area contributed by atoms with Crippen molar-refractivity contribution in [2.75, 3.05) is 6.61 Å². The Labute approximate surface area is 138 Å². The highest BCUT2D eigenvalue weighted by atomic mass is 16.5. The van der Waals surface area contributed by atoms with Gasteiger partial charge in [0.15, 0.2) is 0 Å². The quantitative estimate of drug-likeness (QED) is 0.741. The van der Waals surface area contributed by atoms with E-state index in [2.05, 4.69) is 6.07 Å². The highest BCUT2D eigenvalue weighted by molar-refractivity contribution is 5.80. The topological polar surface area (TPSA) is 78.8 Å². The van der Waals surface area contributed by atoms with E-state index in [9.17, 15) is 4.79 Å². The molecule has 0 aliphatic heterocycles. The molecule has 0 unspecified atom stereocenters. The number of nitrogens with zero attached hydrogens (tertiary/aromatic N) is 3. The summed E-state index contributed by atoms with van der Waals surface area (Å²) in [6.45, 7) is 0.770. The molecule has 0 aliphatic rings. The molecule has 0 N–H and O–H groups in total. The van der Waals surface area contributed by atoms with Crippen LogP contribution in [-0.2, 0) is 6.54 Å². The van der Waals surface area contributed by atoms with Crippen molar-refractivity contribution in [1.29, 1.82) is 10.5 Å². The second-order valence-corrected chi connectivity index (χ2v) is 5.15. The Hall–Kier alpha value is -3.57. The number of rotatable bonds is 4. The van der Waals surface area contributed by atoms with Crippen molar-refractivity contribution in [3.8, 4) is 17.9 Å². The van der Waals surface area contributed by atoms with Gasteiger partial charge in [-0.15, -0.1) is 0 Å². The third-order valence-electron chi connectivity index (χ3n) is 3.71. The molecule has 0 saturated heterocycles. The fourth-order valence-corrected chi connectivity index (χ4v) is 2.55. The predicted molar refractivity (Wildman–Crippen MR) is 89.6 cm³/mol. The van der Waals surface area contributed by atoms with E-state index in [1.807, 2.05) is 22.8 Å². The van der Waals surface area contributed by atoms with E-state index in [1.54, 1.807) is 42.6 Å². The summed E-state index contributed by atoms with van der Waals surface area (Å²) in [5.41, 5.74) is 1.06. The largest absolute Gasteiger partial charge is 0.490 e. The zero-order chi connectivity index (χ0) is 16.9. The van der Waals surface area contributed by atoms with Crippen LogP contribution in [0.4, 0.5) is 0 Å². The molecular weight excluding hydrogens is 302 g/mol. The number of pyridine rings is 1. The van der Waals surface area contributed by atoms with Crippen LogP contribution >= 0.6 is 0 Å². The van der Waals surface area contributed by atoms with Gasteiger partial charge in [0.05, 0.1) is 17.6 Å². The van der Waals surface area contributed by atoms with Crippen molar-refractivity contribution >= 4 is 10.9 Å². The van der Waals surface area contributed by atoms with Gasteiger partial charge < -0.3 is 9.30 Å². The lowest BCUT2D eigenvalue weighted by Gasteiger charge is -2.13. The molecule has 0 aliphatic carbocycles. The number of hydrogen-bond donors (Lipinski definition) is 0. The Kier molecular flexibility index (Phi) is 4.27. The van der Waals surface area contributed by atoms with E-state index >= 15 is 0 Å². The first-order valence-corrected chi connectivity index (χ1v) is 7.39. The zero-order valence-electron chi connectivity index (χ0n) is 12.8. The van der Waals surface area contributed by atoms with Gasteiger partial charge in [-0.05, 0) is 24.3 Å². The summed E-state index contributed by atoms with van der Waals surface area (Å²) in [5.74, 6) is 0.519. The first-order chi connectivity index (χ1) is 11.7. The average Bonchev–Trinajstić information content (AvgIpc) is 2.64. The molecule has 0 radical (unpaired) electrons. The van der Waals surface area contributed by atoms with E-state index in [-0.39, 0.29) is 11.0 Å². The van der Waals surface area contributed by atoms with E-state index in [0.29, 0.717) is 29.9 Å². The van der Waals surface area contributed by atoms with Gasteiger partial charge in [-0.1, -0.05) is 24.3 Å². The highest BCUT2D eigenvalue weighted by Crippen LogP contribution is 2.17. The molecular formula is C19H13N3O2. The summed E-state index contributed by atoms with van der Waals surface area (Å²) < 4.78 is 7.50. The molecule has 24 heavy (non-hydrogen) atoms. The molecule has 116 valence electrons. The van der Waals surface area contributed by atoms with Crippen LogP contribution in [0.1, 0.15) is 11.1 Å². The summed E-state index contributed by atoms with van der Waals surface area (Å²) >= 11 is 0. The Bertz CT molecular complexity index is 1040.